The molecule has 2 unspecified atom stereocenters. The number of halogens is 1. The van der Waals surface area contributed by atoms with Gasteiger partial charge in [0, 0.05) is 12.5 Å². The summed E-state index contributed by atoms with van der Waals surface area (Å²) >= 11 is 0. The first-order chi connectivity index (χ1) is 8.58. The molecule has 1 aromatic carbocycles. The van der Waals surface area contributed by atoms with E-state index < -0.39 is 0 Å². The third-order valence-electron chi connectivity index (χ3n) is 3.75. The van der Waals surface area contributed by atoms with Gasteiger partial charge in [-0.3, -0.25) is 9.69 Å². The highest BCUT2D eigenvalue weighted by Crippen LogP contribution is 2.38. The molecule has 1 heterocycles. The lowest BCUT2D eigenvalue weighted by Crippen LogP contribution is -2.22. The number of amides is 1. The largest absolute Gasteiger partial charge is 0.370 e. The van der Waals surface area contributed by atoms with Crippen LogP contribution >= 0.6 is 0 Å². The average molecular weight is 250 g/mol. The second kappa shape index (κ2) is 5.48. The molecule has 1 saturated heterocycles. The Labute approximate surface area is 107 Å². The minimum atomic E-state index is -0.248. The second-order valence-electron chi connectivity index (χ2n) is 5.03. The van der Waals surface area contributed by atoms with Crippen molar-refractivity contribution in [1.29, 1.82) is 0 Å². The van der Waals surface area contributed by atoms with E-state index in [-0.39, 0.29) is 17.8 Å². The van der Waals surface area contributed by atoms with Crippen molar-refractivity contribution < 1.29 is 9.18 Å². The molecule has 0 bridgehead atoms. The Morgan fingerprint density at radius 1 is 1.44 bits per heavy atom. The van der Waals surface area contributed by atoms with Gasteiger partial charge in [-0.1, -0.05) is 12.1 Å². The first kappa shape index (κ1) is 13.0. The zero-order chi connectivity index (χ0) is 13.1. The Balaban J connectivity index is 2.11. The molecule has 2 atom stereocenters. The maximum Gasteiger partial charge on any atom is 0.217 e. The fraction of sp³-hybridized carbons (Fsp3) is 0.500. The summed E-state index contributed by atoms with van der Waals surface area (Å²) in [5, 5.41) is 0. The smallest absolute Gasteiger partial charge is 0.217 e. The van der Waals surface area contributed by atoms with Crippen LogP contribution in [-0.4, -0.2) is 24.4 Å². The fourth-order valence-corrected chi connectivity index (χ4v) is 2.84. The number of rotatable bonds is 4. The van der Waals surface area contributed by atoms with Crippen molar-refractivity contribution in [3.8, 4) is 0 Å². The number of nitrogens with zero attached hydrogens (tertiary/aromatic N) is 1. The van der Waals surface area contributed by atoms with E-state index in [0.717, 1.165) is 24.9 Å². The lowest BCUT2D eigenvalue weighted by molar-refractivity contribution is -0.118. The maximum atomic E-state index is 12.9. The summed E-state index contributed by atoms with van der Waals surface area (Å²) in [6.45, 7) is 1.01. The summed E-state index contributed by atoms with van der Waals surface area (Å²) in [5.41, 5.74) is 6.32. The van der Waals surface area contributed by atoms with Crippen molar-refractivity contribution in [3.63, 3.8) is 0 Å². The maximum absolute atomic E-state index is 12.9. The van der Waals surface area contributed by atoms with Crippen LogP contribution < -0.4 is 5.73 Å². The van der Waals surface area contributed by atoms with Gasteiger partial charge in [0.2, 0.25) is 5.91 Å². The van der Waals surface area contributed by atoms with Crippen molar-refractivity contribution in [2.75, 3.05) is 13.6 Å². The molecule has 2 N–H and O–H groups in total. The summed E-state index contributed by atoms with van der Waals surface area (Å²) in [5.74, 6) is -0.0385. The number of carbonyl (C=O) groups is 1. The fourth-order valence-electron chi connectivity index (χ4n) is 2.84. The van der Waals surface area contributed by atoms with E-state index in [1.54, 1.807) is 0 Å². The Bertz CT molecular complexity index is 418. The van der Waals surface area contributed by atoms with E-state index in [1.165, 1.54) is 12.1 Å². The predicted octanol–water partition coefficient (Wildman–Crippen LogP) is 2.08. The summed E-state index contributed by atoms with van der Waals surface area (Å²) in [4.78, 5) is 13.1. The van der Waals surface area contributed by atoms with E-state index in [4.69, 9.17) is 5.73 Å². The van der Waals surface area contributed by atoms with Crippen molar-refractivity contribution in [1.82, 2.24) is 4.90 Å². The van der Waals surface area contributed by atoms with Crippen LogP contribution in [-0.2, 0) is 4.79 Å². The van der Waals surface area contributed by atoms with Crippen LogP contribution in [0.25, 0.3) is 0 Å². The molecule has 0 aromatic heterocycles. The monoisotopic (exact) mass is 250 g/mol. The van der Waals surface area contributed by atoms with Crippen molar-refractivity contribution in [2.24, 2.45) is 11.7 Å². The molecule has 18 heavy (non-hydrogen) atoms. The number of hydrogen-bond acceptors (Lipinski definition) is 2. The molecule has 0 aliphatic carbocycles. The number of primary amides is 1. The van der Waals surface area contributed by atoms with Crippen LogP contribution in [0.2, 0.25) is 0 Å². The van der Waals surface area contributed by atoms with E-state index >= 15 is 0 Å². The first-order valence-electron chi connectivity index (χ1n) is 6.32. The molecule has 1 aliphatic rings. The van der Waals surface area contributed by atoms with Crippen molar-refractivity contribution >= 4 is 5.91 Å². The zero-order valence-electron chi connectivity index (χ0n) is 10.6. The highest BCUT2D eigenvalue weighted by Gasteiger charge is 2.32. The molecular weight excluding hydrogens is 231 g/mol. The van der Waals surface area contributed by atoms with E-state index in [2.05, 4.69) is 11.9 Å². The Morgan fingerprint density at radius 3 is 2.72 bits per heavy atom. The molecule has 0 spiro atoms. The number of nitrogens with two attached hydrogens (primary N) is 1. The second-order valence-corrected chi connectivity index (χ2v) is 5.03. The molecule has 4 heteroatoms. The van der Waals surface area contributed by atoms with Gasteiger partial charge in [0.1, 0.15) is 5.82 Å². The number of likely N-dealkylation sites (tertiary alicyclic amines) is 1. The topological polar surface area (TPSA) is 46.3 Å². The molecule has 0 radical (unpaired) electrons. The summed E-state index contributed by atoms with van der Waals surface area (Å²) < 4.78 is 12.9. The van der Waals surface area contributed by atoms with Crippen LogP contribution in [0.3, 0.4) is 0 Å². The standard InChI is InChI=1S/C14H19FN2O/c1-17-9-8-11(4-7-13(16)18)14(17)10-2-5-12(15)6-3-10/h2-3,5-6,11,14H,4,7-9H2,1H3,(H2,16,18). The molecule has 98 valence electrons. The Hall–Kier alpha value is -1.42. The van der Waals surface area contributed by atoms with Gasteiger partial charge < -0.3 is 5.73 Å². The normalized spacial score (nSPS) is 24.3. The van der Waals surface area contributed by atoms with Crippen LogP contribution in [0.1, 0.15) is 30.9 Å². The third-order valence-corrected chi connectivity index (χ3v) is 3.75. The first-order valence-corrected chi connectivity index (χ1v) is 6.32. The molecule has 1 aliphatic heterocycles. The van der Waals surface area contributed by atoms with Gasteiger partial charge in [-0.25, -0.2) is 4.39 Å². The van der Waals surface area contributed by atoms with Crippen LogP contribution in [0, 0.1) is 11.7 Å². The molecule has 2 rings (SSSR count). The Morgan fingerprint density at radius 2 is 2.11 bits per heavy atom. The lowest BCUT2D eigenvalue weighted by atomic mass is 9.90. The molecule has 3 nitrogen and oxygen atoms in total. The van der Waals surface area contributed by atoms with Gasteiger partial charge in [-0.15, -0.1) is 0 Å². The quantitative estimate of drug-likeness (QED) is 0.889. The SMILES string of the molecule is CN1CCC(CCC(N)=O)C1c1ccc(F)cc1. The minimum absolute atomic E-state index is 0.215. The summed E-state index contributed by atoms with van der Waals surface area (Å²) in [7, 11) is 2.07. The van der Waals surface area contributed by atoms with Crippen molar-refractivity contribution in [3.05, 3.63) is 35.6 Å². The van der Waals surface area contributed by atoms with Gasteiger partial charge in [0.25, 0.3) is 0 Å². The van der Waals surface area contributed by atoms with Crippen LogP contribution in [0.5, 0.6) is 0 Å². The molecule has 1 aromatic rings. The van der Waals surface area contributed by atoms with E-state index in [9.17, 15) is 9.18 Å². The van der Waals surface area contributed by atoms with Gasteiger partial charge >= 0.3 is 0 Å². The minimum Gasteiger partial charge on any atom is -0.370 e. The highest BCUT2D eigenvalue weighted by molar-refractivity contribution is 5.73. The zero-order valence-corrected chi connectivity index (χ0v) is 10.6. The van der Waals surface area contributed by atoms with Crippen molar-refractivity contribution in [2.45, 2.75) is 25.3 Å². The number of hydrogen-bond donors (Lipinski definition) is 1. The number of carbonyl (C=O) groups excluding carboxylic acids is 1. The number of benzene rings is 1. The van der Waals surface area contributed by atoms with E-state index in [0.29, 0.717) is 12.3 Å². The van der Waals surface area contributed by atoms with Crippen LogP contribution in [0.4, 0.5) is 4.39 Å². The van der Waals surface area contributed by atoms with E-state index in [1.807, 2.05) is 12.1 Å². The molecular formula is C14H19FN2O. The molecule has 0 saturated carbocycles. The molecule has 1 fully saturated rings. The molecule has 1 amide bonds. The van der Waals surface area contributed by atoms with Crippen LogP contribution in [0.15, 0.2) is 24.3 Å². The van der Waals surface area contributed by atoms with Gasteiger partial charge in [-0.05, 0) is 50.0 Å². The Kier molecular flexibility index (Phi) is 3.97. The predicted molar refractivity (Wildman–Crippen MR) is 68.3 cm³/mol. The third kappa shape index (κ3) is 2.88. The summed E-state index contributed by atoms with van der Waals surface area (Å²) in [6, 6.07) is 6.92. The highest BCUT2D eigenvalue weighted by atomic mass is 19.1. The lowest BCUT2D eigenvalue weighted by Gasteiger charge is -2.25. The summed E-state index contributed by atoms with van der Waals surface area (Å²) in [6.07, 6.45) is 2.30. The van der Waals surface area contributed by atoms with Gasteiger partial charge in [-0.2, -0.15) is 0 Å². The van der Waals surface area contributed by atoms with Gasteiger partial charge in [0.15, 0.2) is 0 Å². The average Bonchev–Trinajstić information content (AvgIpc) is 2.69. The van der Waals surface area contributed by atoms with Gasteiger partial charge in [0.05, 0.1) is 0 Å².